The molecule has 194 valence electrons. The van der Waals surface area contributed by atoms with Gasteiger partial charge in [0.05, 0.1) is 29.7 Å². The van der Waals surface area contributed by atoms with Crippen LogP contribution >= 0.6 is 11.3 Å². The minimum atomic E-state index is -1.25. The van der Waals surface area contributed by atoms with Crippen molar-refractivity contribution in [3.63, 3.8) is 0 Å². The topological polar surface area (TPSA) is 123 Å². The number of carbonyl (C=O) groups is 2. The van der Waals surface area contributed by atoms with E-state index < -0.39 is 35.6 Å². The molecular weight excluding hydrogens is 464 g/mol. The molecule has 1 aromatic heterocycles. The molecule has 0 saturated carbocycles. The van der Waals surface area contributed by atoms with Crippen LogP contribution in [0.4, 0.5) is 0 Å². The minimum Gasteiger partial charge on any atom is -0.457 e. The first kappa shape index (κ1) is 29.1. The normalized spacial score (nSPS) is 32.0. The molecule has 0 saturated heterocycles. The number of esters is 1. The Morgan fingerprint density at radius 2 is 2.00 bits per heavy atom. The number of aliphatic hydroxyl groups is 2. The number of nitrogens with two attached hydrogens (primary N) is 1. The van der Waals surface area contributed by atoms with Crippen molar-refractivity contribution in [1.82, 2.24) is 4.98 Å². The highest BCUT2D eigenvalue weighted by Crippen LogP contribution is 2.31. The Kier molecular flexibility index (Phi) is 10.6. The maximum atomic E-state index is 13.2. The van der Waals surface area contributed by atoms with Gasteiger partial charge in [-0.3, -0.25) is 9.59 Å². The van der Waals surface area contributed by atoms with Gasteiger partial charge in [0.25, 0.3) is 0 Å². The van der Waals surface area contributed by atoms with Crippen LogP contribution in [0.5, 0.6) is 0 Å². The lowest BCUT2D eigenvalue weighted by atomic mass is 9.73. The van der Waals surface area contributed by atoms with Crippen LogP contribution < -0.4 is 5.73 Å². The molecular formula is C27H40N2O5S. The third kappa shape index (κ3) is 7.93. The number of carbonyl (C=O) groups excluding carboxylic acids is 2. The van der Waals surface area contributed by atoms with Crippen molar-refractivity contribution in [3.8, 4) is 0 Å². The predicted molar refractivity (Wildman–Crippen MR) is 139 cm³/mol. The molecule has 0 fully saturated rings. The highest BCUT2D eigenvalue weighted by molar-refractivity contribution is 7.09. The number of aromatic nitrogens is 1. The van der Waals surface area contributed by atoms with Crippen LogP contribution in [0, 0.1) is 17.3 Å². The van der Waals surface area contributed by atoms with Crippen molar-refractivity contribution in [2.75, 3.05) is 0 Å². The summed E-state index contributed by atoms with van der Waals surface area (Å²) in [5, 5.41) is 24.3. The molecule has 0 unspecified atom stereocenters. The number of hydrogen-bond acceptors (Lipinski definition) is 8. The summed E-state index contributed by atoms with van der Waals surface area (Å²) in [7, 11) is 0. The zero-order chi connectivity index (χ0) is 26.3. The molecule has 35 heavy (non-hydrogen) atoms. The van der Waals surface area contributed by atoms with E-state index in [1.54, 1.807) is 20.8 Å². The molecule has 4 N–H and O–H groups in total. The predicted octanol–water partition coefficient (Wildman–Crippen LogP) is 4.19. The summed E-state index contributed by atoms with van der Waals surface area (Å²) in [6.45, 7) is 11.0. The first-order valence-corrected chi connectivity index (χ1v) is 13.0. The Hall–Kier alpha value is -2.13. The zero-order valence-corrected chi connectivity index (χ0v) is 22.5. The Morgan fingerprint density at radius 3 is 2.63 bits per heavy atom. The number of aliphatic hydroxyl groups excluding tert-OH is 2. The summed E-state index contributed by atoms with van der Waals surface area (Å²) in [4.78, 5) is 30.5. The van der Waals surface area contributed by atoms with Crippen molar-refractivity contribution in [1.29, 1.82) is 0 Å². The lowest BCUT2D eigenvalue weighted by Gasteiger charge is -2.34. The molecule has 2 heterocycles. The summed E-state index contributed by atoms with van der Waals surface area (Å²) < 4.78 is 5.79. The van der Waals surface area contributed by atoms with E-state index >= 15 is 0 Å². The third-order valence-electron chi connectivity index (χ3n) is 6.75. The molecule has 1 aromatic rings. The van der Waals surface area contributed by atoms with Crippen LogP contribution in [0.1, 0.15) is 71.5 Å². The first-order valence-electron chi connectivity index (χ1n) is 12.1. The quantitative estimate of drug-likeness (QED) is 0.417. The van der Waals surface area contributed by atoms with Crippen LogP contribution in [0.2, 0.25) is 0 Å². The summed E-state index contributed by atoms with van der Waals surface area (Å²) in [6, 6.07) is 0. The van der Waals surface area contributed by atoms with Gasteiger partial charge in [0.1, 0.15) is 16.9 Å². The van der Waals surface area contributed by atoms with Gasteiger partial charge in [-0.25, -0.2) is 4.98 Å². The second-order valence-electron chi connectivity index (χ2n) is 10.1. The number of ether oxygens (including phenoxy) is 1. The smallest absolute Gasteiger partial charge is 0.309 e. The molecule has 1 aliphatic rings. The van der Waals surface area contributed by atoms with Gasteiger partial charge in [0.15, 0.2) is 0 Å². The molecule has 0 aromatic carbocycles. The van der Waals surface area contributed by atoms with Crippen LogP contribution in [-0.2, 0) is 20.9 Å². The Morgan fingerprint density at radius 1 is 1.31 bits per heavy atom. The number of allylic oxidation sites excluding steroid dienone is 2. The summed E-state index contributed by atoms with van der Waals surface area (Å²) in [6.07, 6.45) is 5.96. The standard InChI is InChI=1S/C27H40N2O5S/c1-16-8-7-9-17(2)25(32)19(4)26(33)27(5,6)22(30)13-24(31)34-21(11-10-16)18(3)12-20-15-35-23(14-28)29-20/h7,9-10,12,15,17,19,21-22,25,30,32H,8,11,13-14,28H2,1-6H3/b9-7+,16-10-,18-12+/t17-,19+,21-,22-,25-/m0/s1. The molecule has 0 aliphatic carbocycles. The third-order valence-corrected chi connectivity index (χ3v) is 7.64. The van der Waals surface area contributed by atoms with Gasteiger partial charge >= 0.3 is 5.97 Å². The lowest BCUT2D eigenvalue weighted by molar-refractivity contribution is -0.154. The monoisotopic (exact) mass is 504 g/mol. The number of nitrogens with zero attached hydrogens (tertiary/aromatic N) is 1. The largest absolute Gasteiger partial charge is 0.457 e. The number of thiazole rings is 1. The fourth-order valence-electron chi connectivity index (χ4n) is 4.09. The fourth-order valence-corrected chi connectivity index (χ4v) is 4.73. The number of rotatable bonds is 3. The van der Waals surface area contributed by atoms with E-state index in [0.29, 0.717) is 19.4 Å². The molecule has 1 aliphatic heterocycles. The lowest BCUT2D eigenvalue weighted by Crippen LogP contribution is -2.45. The Balaban J connectivity index is 2.37. The van der Waals surface area contributed by atoms with Crippen LogP contribution in [0.25, 0.3) is 6.08 Å². The second-order valence-corrected chi connectivity index (χ2v) is 11.0. The van der Waals surface area contributed by atoms with Crippen molar-refractivity contribution in [3.05, 3.63) is 45.5 Å². The van der Waals surface area contributed by atoms with Gasteiger partial charge in [-0.1, -0.05) is 51.5 Å². The van der Waals surface area contributed by atoms with E-state index in [2.05, 4.69) is 4.98 Å². The van der Waals surface area contributed by atoms with E-state index in [4.69, 9.17) is 10.5 Å². The number of cyclic esters (lactones) is 1. The van der Waals surface area contributed by atoms with Crippen molar-refractivity contribution in [2.24, 2.45) is 23.0 Å². The van der Waals surface area contributed by atoms with E-state index in [0.717, 1.165) is 21.8 Å². The van der Waals surface area contributed by atoms with Gasteiger partial charge in [0, 0.05) is 30.2 Å². The second kappa shape index (κ2) is 12.7. The highest BCUT2D eigenvalue weighted by atomic mass is 32.1. The van der Waals surface area contributed by atoms with Crippen molar-refractivity contribution < 1.29 is 24.5 Å². The summed E-state index contributed by atoms with van der Waals surface area (Å²) in [5.41, 5.74) is 7.11. The number of ketones is 1. The number of hydrogen-bond donors (Lipinski definition) is 3. The van der Waals surface area contributed by atoms with Gasteiger partial charge in [-0.15, -0.1) is 11.3 Å². The van der Waals surface area contributed by atoms with Crippen LogP contribution in [0.3, 0.4) is 0 Å². The van der Waals surface area contributed by atoms with Crippen LogP contribution in [-0.4, -0.2) is 45.3 Å². The van der Waals surface area contributed by atoms with E-state index in [1.807, 2.05) is 50.5 Å². The maximum absolute atomic E-state index is 13.2. The zero-order valence-electron chi connectivity index (χ0n) is 21.7. The summed E-state index contributed by atoms with van der Waals surface area (Å²) >= 11 is 1.48. The number of Topliss-reactive ketones (excluding diaryl/α,β-unsaturated/α-hetero) is 1. The van der Waals surface area contributed by atoms with Crippen LogP contribution in [0.15, 0.2) is 34.8 Å². The summed E-state index contributed by atoms with van der Waals surface area (Å²) in [5.74, 6) is -1.81. The van der Waals surface area contributed by atoms with Crippen molar-refractivity contribution >= 4 is 29.2 Å². The van der Waals surface area contributed by atoms with E-state index in [9.17, 15) is 19.8 Å². The highest BCUT2D eigenvalue weighted by Gasteiger charge is 2.42. The molecule has 0 amide bonds. The van der Waals surface area contributed by atoms with Crippen molar-refractivity contribution in [2.45, 2.75) is 85.7 Å². The minimum absolute atomic E-state index is 0.234. The molecule has 0 radical (unpaired) electrons. The molecule has 5 atom stereocenters. The average molecular weight is 505 g/mol. The first-order chi connectivity index (χ1) is 16.4. The molecule has 0 spiro atoms. The van der Waals surface area contributed by atoms with E-state index in [1.165, 1.54) is 11.3 Å². The fraction of sp³-hybridized carbons (Fsp3) is 0.593. The molecule has 2 rings (SSSR count). The molecule has 7 nitrogen and oxygen atoms in total. The molecule has 0 bridgehead atoms. The van der Waals surface area contributed by atoms with E-state index in [-0.39, 0.29) is 18.1 Å². The Labute approximate surface area is 212 Å². The van der Waals surface area contributed by atoms with Gasteiger partial charge < -0.3 is 20.7 Å². The average Bonchev–Trinajstić information content (AvgIpc) is 3.26. The van der Waals surface area contributed by atoms with Gasteiger partial charge in [0.2, 0.25) is 0 Å². The Bertz CT molecular complexity index is 978. The van der Waals surface area contributed by atoms with Gasteiger partial charge in [-0.2, -0.15) is 0 Å². The molecule has 8 heteroatoms. The SMILES string of the molecule is C/C1=C/C[C@@H](/C(C)=C/c2csc(CN)n2)OC(=O)C[C@H](O)C(C)(C)C(=O)[C@H](C)[C@@H](O)[C@@H](C)/C=C/C1. The van der Waals surface area contributed by atoms with Gasteiger partial charge in [-0.05, 0) is 31.9 Å². The maximum Gasteiger partial charge on any atom is 0.309 e.